The minimum atomic E-state index is -3.19. The highest BCUT2D eigenvalue weighted by Gasteiger charge is 2.15. The second-order valence-corrected chi connectivity index (χ2v) is 6.18. The highest BCUT2D eigenvalue weighted by atomic mass is 32.2. The molecule has 0 N–H and O–H groups in total. The molecule has 0 saturated heterocycles. The summed E-state index contributed by atoms with van der Waals surface area (Å²) in [5.74, 6) is 0.147. The van der Waals surface area contributed by atoms with E-state index in [9.17, 15) is 8.42 Å². The molecular weight excluding hydrogens is 250 g/mol. The van der Waals surface area contributed by atoms with Crippen LogP contribution in [-0.2, 0) is 9.84 Å². The molecule has 1 rings (SSSR count). The van der Waals surface area contributed by atoms with Crippen LogP contribution in [-0.4, -0.2) is 20.7 Å². The van der Waals surface area contributed by atoms with Crippen LogP contribution in [0.25, 0.3) is 10.4 Å². The van der Waals surface area contributed by atoms with Crippen LogP contribution in [0.15, 0.2) is 34.3 Å². The normalized spacial score (nSPS) is 10.9. The number of hydrogen-bond acceptors (Lipinski definition) is 3. The molecule has 1 aromatic rings. The number of rotatable bonds is 7. The van der Waals surface area contributed by atoms with E-state index in [1.807, 2.05) is 6.07 Å². The summed E-state index contributed by atoms with van der Waals surface area (Å²) in [7, 11) is -3.19. The molecule has 0 aromatic heterocycles. The molecule has 18 heavy (non-hydrogen) atoms. The van der Waals surface area contributed by atoms with Crippen LogP contribution in [0, 0.1) is 6.92 Å². The van der Waals surface area contributed by atoms with Crippen LogP contribution in [0.1, 0.15) is 24.8 Å². The van der Waals surface area contributed by atoms with Crippen molar-refractivity contribution in [2.45, 2.75) is 31.1 Å². The third-order valence-corrected chi connectivity index (χ3v) is 4.62. The van der Waals surface area contributed by atoms with Gasteiger partial charge >= 0.3 is 0 Å². The van der Waals surface area contributed by atoms with E-state index in [0.29, 0.717) is 17.9 Å². The summed E-state index contributed by atoms with van der Waals surface area (Å²) in [6, 6.07) is 7.01. The van der Waals surface area contributed by atoms with Crippen molar-refractivity contribution in [1.82, 2.24) is 0 Å². The zero-order valence-electron chi connectivity index (χ0n) is 10.4. The lowest BCUT2D eigenvalue weighted by Gasteiger charge is -2.06. The number of hydrogen-bond donors (Lipinski definition) is 0. The van der Waals surface area contributed by atoms with Gasteiger partial charge in [-0.05, 0) is 36.9 Å². The van der Waals surface area contributed by atoms with Gasteiger partial charge in [-0.1, -0.05) is 29.7 Å². The van der Waals surface area contributed by atoms with Gasteiger partial charge in [-0.3, -0.25) is 0 Å². The topological polar surface area (TPSA) is 82.9 Å². The van der Waals surface area contributed by atoms with Crippen LogP contribution < -0.4 is 0 Å². The minimum absolute atomic E-state index is 0.147. The number of benzene rings is 1. The molecule has 0 amide bonds. The van der Waals surface area contributed by atoms with E-state index in [1.165, 1.54) is 0 Å². The predicted molar refractivity (Wildman–Crippen MR) is 71.1 cm³/mol. The second-order valence-electron chi connectivity index (χ2n) is 4.10. The first-order valence-corrected chi connectivity index (χ1v) is 7.52. The van der Waals surface area contributed by atoms with Crippen molar-refractivity contribution in [3.05, 3.63) is 40.3 Å². The first kappa shape index (κ1) is 14.5. The fourth-order valence-electron chi connectivity index (χ4n) is 1.71. The van der Waals surface area contributed by atoms with Gasteiger partial charge in [0.25, 0.3) is 0 Å². The number of sulfone groups is 1. The van der Waals surface area contributed by atoms with E-state index in [4.69, 9.17) is 5.53 Å². The largest absolute Gasteiger partial charge is 0.224 e. The molecule has 0 bridgehead atoms. The zero-order valence-corrected chi connectivity index (χ0v) is 11.2. The lowest BCUT2D eigenvalue weighted by atomic mass is 10.2. The maximum atomic E-state index is 12.1. The van der Waals surface area contributed by atoms with E-state index in [2.05, 4.69) is 10.0 Å². The lowest BCUT2D eigenvalue weighted by molar-refractivity contribution is 0.589. The molecule has 0 unspecified atom stereocenters. The lowest BCUT2D eigenvalue weighted by Crippen LogP contribution is -2.08. The fraction of sp³-hybridized carbons (Fsp3) is 0.500. The Hall–Kier alpha value is -1.52. The molecule has 0 aliphatic carbocycles. The number of unbranched alkanes of at least 4 members (excludes halogenated alkanes) is 2. The van der Waals surface area contributed by atoms with Crippen molar-refractivity contribution in [3.63, 3.8) is 0 Å². The van der Waals surface area contributed by atoms with Gasteiger partial charge in [0.05, 0.1) is 10.6 Å². The summed E-state index contributed by atoms with van der Waals surface area (Å²) < 4.78 is 24.1. The Balaban J connectivity index is 2.51. The van der Waals surface area contributed by atoms with Crippen molar-refractivity contribution < 1.29 is 8.42 Å². The molecular formula is C12H17N3O2S. The molecule has 5 nitrogen and oxygen atoms in total. The van der Waals surface area contributed by atoms with Crippen molar-refractivity contribution >= 4 is 9.84 Å². The summed E-state index contributed by atoms with van der Waals surface area (Å²) in [5, 5.41) is 3.41. The van der Waals surface area contributed by atoms with E-state index in [1.54, 1.807) is 25.1 Å². The molecule has 0 fully saturated rings. The number of azide groups is 1. The van der Waals surface area contributed by atoms with Gasteiger partial charge in [-0.25, -0.2) is 8.42 Å². The highest BCUT2D eigenvalue weighted by Crippen LogP contribution is 2.17. The Labute approximate surface area is 107 Å². The maximum Gasteiger partial charge on any atom is 0.178 e. The Morgan fingerprint density at radius 3 is 2.61 bits per heavy atom. The van der Waals surface area contributed by atoms with Gasteiger partial charge in [0.1, 0.15) is 0 Å². The fourth-order valence-corrected chi connectivity index (χ4v) is 3.36. The molecule has 0 spiro atoms. The van der Waals surface area contributed by atoms with Crippen molar-refractivity contribution in [3.8, 4) is 0 Å². The van der Waals surface area contributed by atoms with Crippen LogP contribution >= 0.6 is 0 Å². The highest BCUT2D eigenvalue weighted by molar-refractivity contribution is 7.91. The first-order chi connectivity index (χ1) is 8.58. The first-order valence-electron chi connectivity index (χ1n) is 5.87. The molecule has 0 radical (unpaired) electrons. The summed E-state index contributed by atoms with van der Waals surface area (Å²) in [6.45, 7) is 2.23. The quantitative estimate of drug-likeness (QED) is 0.329. The summed E-state index contributed by atoms with van der Waals surface area (Å²) in [6.07, 6.45) is 2.08. The van der Waals surface area contributed by atoms with E-state index in [0.717, 1.165) is 18.4 Å². The Kier molecular flexibility index (Phi) is 5.68. The van der Waals surface area contributed by atoms with Gasteiger partial charge in [-0.2, -0.15) is 0 Å². The average Bonchev–Trinajstić information content (AvgIpc) is 2.34. The molecule has 0 heterocycles. The minimum Gasteiger partial charge on any atom is -0.224 e. The second kappa shape index (κ2) is 7.03. The molecule has 6 heteroatoms. The smallest absolute Gasteiger partial charge is 0.178 e. The number of aryl methyl sites for hydroxylation is 1. The summed E-state index contributed by atoms with van der Waals surface area (Å²) >= 11 is 0. The third-order valence-electron chi connectivity index (χ3n) is 2.66. The van der Waals surface area contributed by atoms with Gasteiger partial charge < -0.3 is 0 Å². The van der Waals surface area contributed by atoms with E-state index in [-0.39, 0.29) is 5.75 Å². The van der Waals surface area contributed by atoms with Gasteiger partial charge in [0.15, 0.2) is 9.84 Å². The Bertz CT molecular complexity index is 534. The number of nitrogens with zero attached hydrogens (tertiary/aromatic N) is 3. The summed E-state index contributed by atoms with van der Waals surface area (Å²) in [5.41, 5.74) is 8.88. The summed E-state index contributed by atoms with van der Waals surface area (Å²) in [4.78, 5) is 3.06. The van der Waals surface area contributed by atoms with Crippen molar-refractivity contribution in [2.75, 3.05) is 12.3 Å². The molecule has 1 aromatic carbocycles. The maximum absolute atomic E-state index is 12.1. The van der Waals surface area contributed by atoms with Crippen LogP contribution in [0.4, 0.5) is 0 Å². The SMILES string of the molecule is Cc1ccccc1S(=O)(=O)CCCCCN=[N+]=[N-]. The standard InChI is InChI=1S/C12H17N3O2S/c1-11-7-3-4-8-12(11)18(16,17)10-6-2-5-9-14-15-13/h3-4,7-8H,2,5-6,9-10H2,1H3. The van der Waals surface area contributed by atoms with Gasteiger partial charge in [-0.15, -0.1) is 0 Å². The van der Waals surface area contributed by atoms with E-state index >= 15 is 0 Å². The predicted octanol–water partition coefficient (Wildman–Crippen LogP) is 3.25. The third kappa shape index (κ3) is 4.39. The van der Waals surface area contributed by atoms with Crippen LogP contribution in [0.3, 0.4) is 0 Å². The Morgan fingerprint density at radius 1 is 1.22 bits per heavy atom. The van der Waals surface area contributed by atoms with Crippen LogP contribution in [0.2, 0.25) is 0 Å². The van der Waals surface area contributed by atoms with Gasteiger partial charge in [0, 0.05) is 11.5 Å². The molecule has 0 saturated carbocycles. The molecule has 0 atom stereocenters. The van der Waals surface area contributed by atoms with E-state index < -0.39 is 9.84 Å². The monoisotopic (exact) mass is 267 g/mol. The molecule has 0 aliphatic rings. The Morgan fingerprint density at radius 2 is 1.94 bits per heavy atom. The van der Waals surface area contributed by atoms with Gasteiger partial charge in [0.2, 0.25) is 0 Å². The zero-order chi connectivity index (χ0) is 13.4. The van der Waals surface area contributed by atoms with Crippen molar-refractivity contribution in [2.24, 2.45) is 5.11 Å². The average molecular weight is 267 g/mol. The van der Waals surface area contributed by atoms with Crippen molar-refractivity contribution in [1.29, 1.82) is 0 Å². The van der Waals surface area contributed by atoms with Crippen LogP contribution in [0.5, 0.6) is 0 Å². The molecule has 0 aliphatic heterocycles. The molecule has 98 valence electrons.